The Morgan fingerprint density at radius 1 is 1.00 bits per heavy atom. The van der Waals surface area contributed by atoms with Crippen LogP contribution in [-0.4, -0.2) is 40.0 Å². The van der Waals surface area contributed by atoms with Crippen molar-refractivity contribution in [2.75, 3.05) is 40.0 Å². The largest absolute Gasteiger partial charge is 0.379 e. The first kappa shape index (κ1) is 10.9. The van der Waals surface area contributed by atoms with E-state index in [0.717, 1.165) is 32.8 Å². The molecular formula is C8H19NO2. The average molecular weight is 161 g/mol. The Hall–Kier alpha value is -0.120. The molecule has 0 aromatic carbocycles. The van der Waals surface area contributed by atoms with E-state index in [4.69, 9.17) is 9.47 Å². The Morgan fingerprint density at radius 2 is 1.64 bits per heavy atom. The van der Waals surface area contributed by atoms with Gasteiger partial charge in [-0.1, -0.05) is 6.92 Å². The van der Waals surface area contributed by atoms with Crippen LogP contribution >= 0.6 is 0 Å². The molecule has 0 aliphatic heterocycles. The summed E-state index contributed by atoms with van der Waals surface area (Å²) < 4.78 is 10.5. The smallest absolute Gasteiger partial charge is 0.0701 e. The predicted molar refractivity (Wildman–Crippen MR) is 45.9 cm³/mol. The Bertz CT molecular complexity index is 61.1. The van der Waals surface area contributed by atoms with Crippen molar-refractivity contribution in [1.82, 2.24) is 5.32 Å². The van der Waals surface area contributed by atoms with Gasteiger partial charge in [-0.2, -0.15) is 0 Å². The van der Waals surface area contributed by atoms with Gasteiger partial charge in [0.1, 0.15) is 0 Å². The molecule has 3 heteroatoms. The molecule has 0 aliphatic rings. The number of ether oxygens (including phenoxy) is 2. The number of likely N-dealkylation sites (N-methyl/N-ethyl adjacent to an activating group) is 1. The third-order valence-corrected chi connectivity index (χ3v) is 1.22. The Morgan fingerprint density at radius 3 is 2.18 bits per heavy atom. The van der Waals surface area contributed by atoms with Crippen LogP contribution in [0.5, 0.6) is 0 Å². The summed E-state index contributed by atoms with van der Waals surface area (Å²) in [6.07, 6.45) is 1.08. The topological polar surface area (TPSA) is 30.5 Å². The van der Waals surface area contributed by atoms with E-state index in [-0.39, 0.29) is 0 Å². The van der Waals surface area contributed by atoms with Crippen LogP contribution in [0.25, 0.3) is 0 Å². The second-order valence-electron chi connectivity index (χ2n) is 2.33. The maximum Gasteiger partial charge on any atom is 0.0701 e. The van der Waals surface area contributed by atoms with Crippen molar-refractivity contribution < 1.29 is 9.47 Å². The summed E-state index contributed by atoms with van der Waals surface area (Å²) in [5.41, 5.74) is 0. The van der Waals surface area contributed by atoms with E-state index in [1.165, 1.54) is 0 Å². The minimum absolute atomic E-state index is 0.710. The van der Waals surface area contributed by atoms with Crippen molar-refractivity contribution in [2.45, 2.75) is 13.3 Å². The molecule has 0 atom stereocenters. The van der Waals surface area contributed by atoms with E-state index >= 15 is 0 Å². The zero-order chi connectivity index (χ0) is 8.36. The van der Waals surface area contributed by atoms with Crippen molar-refractivity contribution in [3.05, 3.63) is 0 Å². The predicted octanol–water partition coefficient (Wildman–Crippen LogP) is 0.649. The summed E-state index contributed by atoms with van der Waals surface area (Å²) in [6.45, 7) is 6.05. The average Bonchev–Trinajstić information content (AvgIpc) is 2.03. The van der Waals surface area contributed by atoms with Crippen LogP contribution in [0.4, 0.5) is 0 Å². The van der Waals surface area contributed by atoms with Crippen LogP contribution in [0.3, 0.4) is 0 Å². The molecule has 0 fully saturated rings. The van der Waals surface area contributed by atoms with Crippen molar-refractivity contribution in [3.63, 3.8) is 0 Å². The molecule has 3 nitrogen and oxygen atoms in total. The monoisotopic (exact) mass is 161 g/mol. The lowest BCUT2D eigenvalue weighted by Crippen LogP contribution is -2.16. The second-order valence-corrected chi connectivity index (χ2v) is 2.33. The normalized spacial score (nSPS) is 10.4. The quantitative estimate of drug-likeness (QED) is 0.530. The van der Waals surface area contributed by atoms with E-state index < -0.39 is 0 Å². The maximum absolute atomic E-state index is 5.23. The first-order valence-corrected chi connectivity index (χ1v) is 4.22. The summed E-state index contributed by atoms with van der Waals surface area (Å²) in [6, 6.07) is 0. The van der Waals surface area contributed by atoms with Crippen molar-refractivity contribution >= 4 is 0 Å². The summed E-state index contributed by atoms with van der Waals surface area (Å²) >= 11 is 0. The fourth-order valence-corrected chi connectivity index (χ4v) is 0.641. The summed E-state index contributed by atoms with van der Waals surface area (Å²) in [7, 11) is 1.91. The number of nitrogens with one attached hydrogen (secondary N) is 1. The highest BCUT2D eigenvalue weighted by atomic mass is 16.5. The molecule has 0 aliphatic carbocycles. The second kappa shape index (κ2) is 9.88. The Labute approximate surface area is 69.1 Å². The van der Waals surface area contributed by atoms with Crippen molar-refractivity contribution in [3.8, 4) is 0 Å². The van der Waals surface area contributed by atoms with Crippen LogP contribution in [0.15, 0.2) is 0 Å². The van der Waals surface area contributed by atoms with Gasteiger partial charge in [-0.15, -0.1) is 0 Å². The lowest BCUT2D eigenvalue weighted by atomic mass is 10.5. The third kappa shape index (κ3) is 9.88. The van der Waals surface area contributed by atoms with Gasteiger partial charge in [-0.3, -0.25) is 0 Å². The van der Waals surface area contributed by atoms with Crippen molar-refractivity contribution in [2.24, 2.45) is 0 Å². The molecule has 0 rings (SSSR count). The van der Waals surface area contributed by atoms with E-state index in [1.54, 1.807) is 0 Å². The molecule has 0 aromatic rings. The van der Waals surface area contributed by atoms with Crippen LogP contribution < -0.4 is 5.32 Å². The Kier molecular flexibility index (Phi) is 9.77. The van der Waals surface area contributed by atoms with Gasteiger partial charge in [0.05, 0.1) is 19.8 Å². The van der Waals surface area contributed by atoms with Gasteiger partial charge in [-0.05, 0) is 13.5 Å². The minimum Gasteiger partial charge on any atom is -0.379 e. The highest BCUT2D eigenvalue weighted by Gasteiger charge is 1.87. The fraction of sp³-hybridized carbons (Fsp3) is 1.00. The van der Waals surface area contributed by atoms with Gasteiger partial charge >= 0.3 is 0 Å². The van der Waals surface area contributed by atoms with Crippen LogP contribution in [0.2, 0.25) is 0 Å². The highest BCUT2D eigenvalue weighted by molar-refractivity contribution is 4.36. The molecule has 1 N–H and O–H groups in total. The summed E-state index contributed by atoms with van der Waals surface area (Å²) in [5, 5.41) is 3.00. The molecule has 11 heavy (non-hydrogen) atoms. The van der Waals surface area contributed by atoms with Gasteiger partial charge in [0.15, 0.2) is 0 Å². The van der Waals surface area contributed by atoms with Gasteiger partial charge in [0.25, 0.3) is 0 Å². The number of rotatable bonds is 8. The third-order valence-electron chi connectivity index (χ3n) is 1.22. The van der Waals surface area contributed by atoms with Gasteiger partial charge in [-0.25, -0.2) is 0 Å². The molecule has 0 saturated heterocycles. The molecular weight excluding hydrogens is 142 g/mol. The van der Waals surface area contributed by atoms with E-state index in [0.29, 0.717) is 6.61 Å². The lowest BCUT2D eigenvalue weighted by molar-refractivity contribution is 0.0495. The standard InChI is InChI=1S/C8H19NO2/c1-3-5-10-7-8-11-6-4-9-2/h9H,3-8H2,1-2H3. The van der Waals surface area contributed by atoms with Crippen LogP contribution in [-0.2, 0) is 9.47 Å². The molecule has 0 amide bonds. The minimum atomic E-state index is 0.710. The van der Waals surface area contributed by atoms with Crippen molar-refractivity contribution in [1.29, 1.82) is 0 Å². The fourth-order valence-electron chi connectivity index (χ4n) is 0.641. The Balaban J connectivity index is 2.69. The lowest BCUT2D eigenvalue weighted by Gasteiger charge is -2.03. The van der Waals surface area contributed by atoms with E-state index in [2.05, 4.69) is 12.2 Å². The van der Waals surface area contributed by atoms with Gasteiger partial charge in [0.2, 0.25) is 0 Å². The van der Waals surface area contributed by atoms with E-state index in [9.17, 15) is 0 Å². The van der Waals surface area contributed by atoms with Gasteiger partial charge < -0.3 is 14.8 Å². The number of hydrogen-bond donors (Lipinski definition) is 1. The molecule has 0 bridgehead atoms. The maximum atomic E-state index is 5.23. The first-order valence-electron chi connectivity index (χ1n) is 4.22. The van der Waals surface area contributed by atoms with E-state index in [1.807, 2.05) is 7.05 Å². The summed E-state index contributed by atoms with van der Waals surface area (Å²) in [4.78, 5) is 0. The molecule has 0 radical (unpaired) electrons. The molecule has 0 saturated carbocycles. The zero-order valence-electron chi connectivity index (χ0n) is 7.56. The summed E-state index contributed by atoms with van der Waals surface area (Å²) in [5.74, 6) is 0. The molecule has 68 valence electrons. The molecule has 0 spiro atoms. The first-order chi connectivity index (χ1) is 5.41. The molecule has 0 unspecified atom stereocenters. The van der Waals surface area contributed by atoms with Crippen LogP contribution in [0.1, 0.15) is 13.3 Å². The highest BCUT2D eigenvalue weighted by Crippen LogP contribution is 1.80. The SMILES string of the molecule is CCCOCCOCCNC. The zero-order valence-corrected chi connectivity index (χ0v) is 7.56. The van der Waals surface area contributed by atoms with Crippen LogP contribution in [0, 0.1) is 0 Å². The number of hydrogen-bond acceptors (Lipinski definition) is 3. The van der Waals surface area contributed by atoms with Gasteiger partial charge in [0, 0.05) is 13.2 Å². The molecule has 0 aromatic heterocycles. The molecule has 0 heterocycles.